The van der Waals surface area contributed by atoms with Crippen molar-refractivity contribution in [3.8, 4) is 0 Å². The fraction of sp³-hybridized carbons (Fsp3) is 1.00. The second kappa shape index (κ2) is 2.73. The zero-order valence-electron chi connectivity index (χ0n) is 8.47. The molecule has 0 bridgehead atoms. The van der Waals surface area contributed by atoms with Crippen LogP contribution in [0.5, 0.6) is 0 Å². The largest absolute Gasteiger partial charge is 0.369 e. The van der Waals surface area contributed by atoms with Crippen LogP contribution in [0, 0.1) is 17.8 Å². The minimum Gasteiger partial charge on any atom is -0.369 e. The van der Waals surface area contributed by atoms with Crippen molar-refractivity contribution in [1.29, 1.82) is 0 Å². The van der Waals surface area contributed by atoms with E-state index in [1.807, 2.05) is 0 Å². The van der Waals surface area contributed by atoms with Crippen LogP contribution in [-0.4, -0.2) is 12.2 Å². The number of hydrogen-bond acceptors (Lipinski definition) is 1. The maximum atomic E-state index is 5.68. The van der Waals surface area contributed by atoms with Crippen molar-refractivity contribution in [2.45, 2.75) is 45.6 Å². The second-order valence-electron chi connectivity index (χ2n) is 5.09. The lowest BCUT2D eigenvalue weighted by Crippen LogP contribution is -2.35. The van der Waals surface area contributed by atoms with Crippen molar-refractivity contribution in [2.24, 2.45) is 17.8 Å². The Morgan fingerprint density at radius 3 is 2.50 bits per heavy atom. The summed E-state index contributed by atoms with van der Waals surface area (Å²) in [5, 5.41) is 0. The van der Waals surface area contributed by atoms with E-state index >= 15 is 0 Å². The zero-order valence-corrected chi connectivity index (χ0v) is 8.47. The molecule has 12 heavy (non-hydrogen) atoms. The number of epoxide rings is 1. The molecule has 3 atom stereocenters. The van der Waals surface area contributed by atoms with Gasteiger partial charge in [0.05, 0.1) is 12.2 Å². The number of hydrogen-bond donors (Lipinski definition) is 0. The van der Waals surface area contributed by atoms with Gasteiger partial charge in [-0.05, 0) is 30.6 Å². The maximum Gasteiger partial charge on any atom is 0.0949 e. The Labute approximate surface area is 75.5 Å². The number of rotatable bonds is 1. The molecule has 0 aromatic heterocycles. The highest BCUT2D eigenvalue weighted by molar-refractivity contribution is 5.02. The molecule has 1 aliphatic carbocycles. The fourth-order valence-electron chi connectivity index (χ4n) is 2.94. The molecule has 1 heteroatoms. The lowest BCUT2D eigenvalue weighted by atomic mass is 9.70. The topological polar surface area (TPSA) is 12.5 Å². The average Bonchev–Trinajstić information content (AvgIpc) is 2.68. The summed E-state index contributed by atoms with van der Waals surface area (Å²) in [6.07, 6.45) is 4.11. The molecule has 0 amide bonds. The van der Waals surface area contributed by atoms with Crippen LogP contribution >= 0.6 is 0 Å². The van der Waals surface area contributed by atoms with Gasteiger partial charge < -0.3 is 4.74 Å². The molecule has 1 unspecified atom stereocenters. The van der Waals surface area contributed by atoms with Crippen LogP contribution in [0.4, 0.5) is 0 Å². The third kappa shape index (κ3) is 1.28. The fourth-order valence-corrected chi connectivity index (χ4v) is 2.94. The Morgan fingerprint density at radius 1 is 1.33 bits per heavy atom. The molecule has 1 heterocycles. The molecule has 1 saturated heterocycles. The van der Waals surface area contributed by atoms with Gasteiger partial charge in [0.25, 0.3) is 0 Å². The average molecular weight is 168 g/mol. The highest BCUT2D eigenvalue weighted by atomic mass is 16.6. The van der Waals surface area contributed by atoms with E-state index in [-0.39, 0.29) is 0 Å². The van der Waals surface area contributed by atoms with Crippen molar-refractivity contribution >= 4 is 0 Å². The molecule has 0 aromatic rings. The van der Waals surface area contributed by atoms with Gasteiger partial charge in [-0.2, -0.15) is 0 Å². The van der Waals surface area contributed by atoms with Gasteiger partial charge in [-0.15, -0.1) is 0 Å². The van der Waals surface area contributed by atoms with Crippen LogP contribution in [0.25, 0.3) is 0 Å². The molecule has 2 rings (SSSR count). The maximum absolute atomic E-state index is 5.68. The number of ether oxygens (including phenoxy) is 1. The molecule has 0 radical (unpaired) electrons. The van der Waals surface area contributed by atoms with E-state index < -0.39 is 0 Å². The van der Waals surface area contributed by atoms with Crippen LogP contribution in [0.2, 0.25) is 0 Å². The molecule has 0 N–H and O–H groups in total. The Balaban J connectivity index is 2.05. The van der Waals surface area contributed by atoms with Crippen LogP contribution < -0.4 is 0 Å². The Bertz CT molecular complexity index is 170. The molecule has 1 nitrogen and oxygen atoms in total. The smallest absolute Gasteiger partial charge is 0.0949 e. The van der Waals surface area contributed by atoms with Gasteiger partial charge in [0.2, 0.25) is 0 Å². The summed E-state index contributed by atoms with van der Waals surface area (Å²) in [6, 6.07) is 0. The lowest BCUT2D eigenvalue weighted by molar-refractivity contribution is 0.0953. The monoisotopic (exact) mass is 168 g/mol. The predicted molar refractivity (Wildman–Crippen MR) is 50.0 cm³/mol. The van der Waals surface area contributed by atoms with Crippen LogP contribution in [0.3, 0.4) is 0 Å². The first-order valence-electron chi connectivity index (χ1n) is 5.28. The van der Waals surface area contributed by atoms with Gasteiger partial charge in [-0.3, -0.25) is 0 Å². The van der Waals surface area contributed by atoms with Gasteiger partial charge >= 0.3 is 0 Å². The van der Waals surface area contributed by atoms with Gasteiger partial charge in [0.1, 0.15) is 0 Å². The van der Waals surface area contributed by atoms with E-state index in [4.69, 9.17) is 4.74 Å². The molecule has 1 aliphatic heterocycles. The van der Waals surface area contributed by atoms with E-state index in [0.717, 1.165) is 24.4 Å². The van der Waals surface area contributed by atoms with Gasteiger partial charge in [-0.25, -0.2) is 0 Å². The first-order chi connectivity index (χ1) is 5.64. The SMILES string of the molecule is CC(C)[C@H]1CC[C@@H](C)CC12CO2. The summed E-state index contributed by atoms with van der Waals surface area (Å²) >= 11 is 0. The molecule has 2 fully saturated rings. The summed E-state index contributed by atoms with van der Waals surface area (Å²) in [4.78, 5) is 0. The van der Waals surface area contributed by atoms with Gasteiger partial charge in [-0.1, -0.05) is 27.2 Å². The van der Waals surface area contributed by atoms with Crippen LogP contribution in [-0.2, 0) is 4.74 Å². The Morgan fingerprint density at radius 2 is 2.00 bits per heavy atom. The molecule has 1 spiro atoms. The Hall–Kier alpha value is -0.0400. The van der Waals surface area contributed by atoms with Gasteiger partial charge in [0.15, 0.2) is 0 Å². The third-order valence-electron chi connectivity index (χ3n) is 3.66. The van der Waals surface area contributed by atoms with Gasteiger partial charge in [0, 0.05) is 0 Å². The zero-order chi connectivity index (χ0) is 8.77. The summed E-state index contributed by atoms with van der Waals surface area (Å²) in [6.45, 7) is 8.08. The summed E-state index contributed by atoms with van der Waals surface area (Å²) in [5.74, 6) is 2.54. The summed E-state index contributed by atoms with van der Waals surface area (Å²) in [7, 11) is 0. The minimum absolute atomic E-state index is 0.339. The van der Waals surface area contributed by atoms with Crippen molar-refractivity contribution < 1.29 is 4.74 Å². The van der Waals surface area contributed by atoms with E-state index in [1.165, 1.54) is 19.3 Å². The molecule has 0 aromatic carbocycles. The molecular weight excluding hydrogens is 148 g/mol. The minimum atomic E-state index is 0.339. The Kier molecular flexibility index (Phi) is 1.95. The van der Waals surface area contributed by atoms with Crippen molar-refractivity contribution in [1.82, 2.24) is 0 Å². The van der Waals surface area contributed by atoms with Crippen molar-refractivity contribution in [3.05, 3.63) is 0 Å². The van der Waals surface area contributed by atoms with E-state index in [0.29, 0.717) is 5.60 Å². The van der Waals surface area contributed by atoms with Crippen molar-refractivity contribution in [3.63, 3.8) is 0 Å². The van der Waals surface area contributed by atoms with E-state index in [2.05, 4.69) is 20.8 Å². The highest BCUT2D eigenvalue weighted by Crippen LogP contribution is 2.50. The predicted octanol–water partition coefficient (Wildman–Crippen LogP) is 2.85. The summed E-state index contributed by atoms with van der Waals surface area (Å²) in [5.41, 5.74) is 0.339. The molecule has 70 valence electrons. The third-order valence-corrected chi connectivity index (χ3v) is 3.66. The molecule has 2 aliphatic rings. The normalized spacial score (nSPS) is 47.0. The highest BCUT2D eigenvalue weighted by Gasteiger charge is 2.54. The van der Waals surface area contributed by atoms with E-state index in [9.17, 15) is 0 Å². The van der Waals surface area contributed by atoms with E-state index in [1.54, 1.807) is 0 Å². The molecule has 1 saturated carbocycles. The van der Waals surface area contributed by atoms with Crippen LogP contribution in [0.1, 0.15) is 40.0 Å². The first kappa shape index (κ1) is 8.55. The van der Waals surface area contributed by atoms with Crippen LogP contribution in [0.15, 0.2) is 0 Å². The standard InChI is InChI=1S/C11H20O/c1-8(2)10-5-4-9(3)6-11(10)7-12-11/h8-10H,4-7H2,1-3H3/t9-,10-,11?/m1/s1. The van der Waals surface area contributed by atoms with Crippen molar-refractivity contribution in [2.75, 3.05) is 6.61 Å². The quantitative estimate of drug-likeness (QED) is 0.548. The molecular formula is C11H20O. The lowest BCUT2D eigenvalue weighted by Gasteiger charge is -2.35. The second-order valence-corrected chi connectivity index (χ2v) is 5.09. The summed E-state index contributed by atoms with van der Waals surface area (Å²) < 4.78 is 5.68. The first-order valence-corrected chi connectivity index (χ1v) is 5.28.